The van der Waals surface area contributed by atoms with Gasteiger partial charge in [0.15, 0.2) is 0 Å². The summed E-state index contributed by atoms with van der Waals surface area (Å²) in [6.07, 6.45) is 6.72. The Kier molecular flexibility index (Phi) is 16.1. The first-order chi connectivity index (χ1) is 9.95. The van der Waals surface area contributed by atoms with Crippen molar-refractivity contribution in [2.75, 3.05) is 26.2 Å². The predicted octanol–water partition coefficient (Wildman–Crippen LogP) is -2.35. The van der Waals surface area contributed by atoms with Crippen molar-refractivity contribution in [3.05, 3.63) is 12.2 Å². The summed E-state index contributed by atoms with van der Waals surface area (Å²) in [6.45, 7) is 4.41. The molecule has 122 valence electrons. The molecule has 0 amide bonds. The van der Waals surface area contributed by atoms with Crippen LogP contribution in [0, 0.1) is 0 Å². The summed E-state index contributed by atoms with van der Waals surface area (Å²) < 4.78 is 0. The molecule has 1 unspecified atom stereocenters. The molecular weight excluding hydrogens is 279 g/mol. The van der Waals surface area contributed by atoms with Crippen molar-refractivity contribution in [2.45, 2.75) is 45.6 Å². The second kappa shape index (κ2) is 15.1. The van der Waals surface area contributed by atoms with Gasteiger partial charge in [0.05, 0.1) is 19.2 Å². The molecule has 0 saturated heterocycles. The maximum atomic E-state index is 11.5. The summed E-state index contributed by atoms with van der Waals surface area (Å²) in [6, 6.07) is 0. The molecule has 0 aromatic carbocycles. The average molecular weight is 306 g/mol. The van der Waals surface area contributed by atoms with Gasteiger partial charge >= 0.3 is 24.8 Å². The van der Waals surface area contributed by atoms with E-state index >= 15 is 0 Å². The van der Waals surface area contributed by atoms with Crippen molar-refractivity contribution < 1.29 is 39.0 Å². The van der Waals surface area contributed by atoms with Gasteiger partial charge in [-0.05, 0) is 25.7 Å². The Bertz CT molecular complexity index is 346. The van der Waals surface area contributed by atoms with Crippen LogP contribution in [0.2, 0.25) is 0 Å². The number of carbonyl (C=O) groups is 1. The standard InChI is InChI=1S/C15H28N2O4.Li/c1-3-4-5-6-7-8-14(19)16-9-10-17(11-13(2)18)12-15(20)21;/h6-7,13,18H,3-5,8-12H2,1-2H3,(H,16,19)(H,20,21);/q;+1/p-1/b7-6+;. The van der Waals surface area contributed by atoms with Crippen molar-refractivity contribution >= 4 is 11.9 Å². The van der Waals surface area contributed by atoms with Gasteiger partial charge in [-0.2, -0.15) is 0 Å². The van der Waals surface area contributed by atoms with Crippen molar-refractivity contribution in [3.8, 4) is 0 Å². The van der Waals surface area contributed by atoms with E-state index in [0.717, 1.165) is 19.3 Å². The van der Waals surface area contributed by atoms with Crippen LogP contribution in [0.15, 0.2) is 17.1 Å². The molecule has 0 bridgehead atoms. The van der Waals surface area contributed by atoms with Gasteiger partial charge < -0.3 is 20.3 Å². The number of hydrogen-bond donors (Lipinski definition) is 2. The maximum Gasteiger partial charge on any atom is 1.00 e. The Morgan fingerprint density at radius 2 is 2.09 bits per heavy atom. The van der Waals surface area contributed by atoms with E-state index in [1.807, 2.05) is 12.2 Å². The fourth-order valence-electron chi connectivity index (χ4n) is 1.80. The van der Waals surface area contributed by atoms with E-state index in [2.05, 4.69) is 11.9 Å². The van der Waals surface area contributed by atoms with Crippen LogP contribution < -0.4 is 24.0 Å². The first kappa shape index (κ1) is 23.5. The largest absolute Gasteiger partial charge is 1.00 e. The summed E-state index contributed by atoms with van der Waals surface area (Å²) in [7, 11) is 0. The number of unbranched alkanes of at least 4 members (excludes halogenated alkanes) is 2. The fraction of sp³-hybridized carbons (Fsp3) is 0.733. The van der Waals surface area contributed by atoms with Crippen LogP contribution in [0.3, 0.4) is 0 Å². The van der Waals surface area contributed by atoms with Gasteiger partial charge in [0.1, 0.15) is 0 Å². The molecule has 0 rings (SSSR count). The summed E-state index contributed by atoms with van der Waals surface area (Å²) in [5.74, 6) is -1.16. The van der Waals surface area contributed by atoms with Crippen LogP contribution in [0.4, 0.5) is 0 Å². The Labute approximate surface area is 145 Å². The van der Waals surface area contributed by atoms with E-state index in [1.165, 1.54) is 0 Å². The van der Waals surface area contributed by atoms with Gasteiger partial charge in [-0.3, -0.25) is 9.69 Å². The summed E-state index contributed by atoms with van der Waals surface area (Å²) >= 11 is 0. The first-order valence-corrected chi connectivity index (χ1v) is 7.43. The first-order valence-electron chi connectivity index (χ1n) is 7.43. The van der Waals surface area contributed by atoms with Gasteiger partial charge in [0, 0.05) is 13.1 Å². The third kappa shape index (κ3) is 15.6. The van der Waals surface area contributed by atoms with E-state index in [0.29, 0.717) is 13.0 Å². The molecule has 0 aliphatic heterocycles. The number of hydrogen-bond acceptors (Lipinski definition) is 5. The quantitative estimate of drug-likeness (QED) is 0.138. The van der Waals surface area contributed by atoms with Gasteiger partial charge in [-0.15, -0.1) is 0 Å². The zero-order valence-corrected chi connectivity index (χ0v) is 14.0. The molecule has 0 fully saturated rings. The summed E-state index contributed by atoms with van der Waals surface area (Å²) in [5.41, 5.74) is 0. The predicted molar refractivity (Wildman–Crippen MR) is 81.3 cm³/mol. The molecule has 0 aliphatic rings. The average Bonchev–Trinajstić information content (AvgIpc) is 2.37. The van der Waals surface area contributed by atoms with Crippen molar-refractivity contribution in [3.63, 3.8) is 0 Å². The zero-order chi connectivity index (χ0) is 16.1. The van der Waals surface area contributed by atoms with Crippen LogP contribution in [-0.4, -0.2) is 59.3 Å². The van der Waals surface area contributed by atoms with Gasteiger partial charge in [-0.1, -0.05) is 31.9 Å². The van der Waals surface area contributed by atoms with Crippen molar-refractivity contribution in [1.82, 2.24) is 4.90 Å². The zero-order valence-electron chi connectivity index (χ0n) is 14.0. The van der Waals surface area contributed by atoms with Crippen LogP contribution in [0.1, 0.15) is 39.5 Å². The Morgan fingerprint density at radius 3 is 2.64 bits per heavy atom. The number of nitrogens with zero attached hydrogens (tertiary/aromatic N) is 2. The van der Waals surface area contributed by atoms with E-state index < -0.39 is 12.1 Å². The smallest absolute Gasteiger partial charge is 0.862 e. The van der Waals surface area contributed by atoms with Gasteiger partial charge in [-0.25, -0.2) is 0 Å². The van der Waals surface area contributed by atoms with Crippen LogP contribution in [0.25, 0.3) is 0 Å². The van der Waals surface area contributed by atoms with E-state index in [4.69, 9.17) is 5.11 Å². The molecule has 0 spiro atoms. The number of carboxylic acid groups (broad SMARTS) is 1. The molecule has 22 heavy (non-hydrogen) atoms. The molecule has 2 N–H and O–H groups in total. The minimum Gasteiger partial charge on any atom is -0.862 e. The van der Waals surface area contributed by atoms with Crippen molar-refractivity contribution in [2.24, 2.45) is 4.99 Å². The molecule has 0 saturated carbocycles. The number of aliphatic carboxylic acids is 1. The third-order valence-corrected chi connectivity index (χ3v) is 2.77. The SMILES string of the molecule is CCCC/C=C/CC([O-])=NCCN(CC(=O)O)CC(C)O.[Li+]. The molecule has 6 nitrogen and oxygen atoms in total. The fourth-order valence-corrected chi connectivity index (χ4v) is 1.80. The maximum absolute atomic E-state index is 11.5. The minimum absolute atomic E-state index is 0. The van der Waals surface area contributed by atoms with E-state index in [1.54, 1.807) is 11.8 Å². The van der Waals surface area contributed by atoms with Crippen molar-refractivity contribution in [1.29, 1.82) is 0 Å². The minimum atomic E-state index is -0.958. The Hall–Kier alpha value is -0.803. The number of allylic oxidation sites excluding steroid dienone is 1. The Balaban J connectivity index is 0. The molecular formula is C15H27LiN2O4. The number of aliphatic imine (C=N–C) groups is 1. The van der Waals surface area contributed by atoms with Crippen LogP contribution >= 0.6 is 0 Å². The van der Waals surface area contributed by atoms with E-state index in [9.17, 15) is 15.0 Å². The molecule has 0 heterocycles. The normalized spacial score (nSPS) is 13.4. The van der Waals surface area contributed by atoms with E-state index in [-0.39, 0.29) is 44.4 Å². The Morgan fingerprint density at radius 1 is 1.41 bits per heavy atom. The van der Waals surface area contributed by atoms with Crippen LogP contribution in [-0.2, 0) is 4.79 Å². The molecule has 0 aromatic heterocycles. The molecule has 0 aliphatic carbocycles. The second-order valence-electron chi connectivity index (χ2n) is 5.07. The van der Waals surface area contributed by atoms with Crippen LogP contribution in [0.5, 0.6) is 0 Å². The van der Waals surface area contributed by atoms with Gasteiger partial charge in [0.25, 0.3) is 0 Å². The monoisotopic (exact) mass is 306 g/mol. The third-order valence-electron chi connectivity index (χ3n) is 2.77. The molecule has 7 heteroatoms. The summed E-state index contributed by atoms with van der Waals surface area (Å²) in [4.78, 5) is 16.1. The number of carboxylic acids is 1. The molecule has 1 atom stereocenters. The number of aliphatic hydroxyl groups excluding tert-OH is 1. The topological polar surface area (TPSA) is 96.2 Å². The molecule has 0 aromatic rings. The number of rotatable bonds is 12. The number of aliphatic hydroxyl groups is 1. The second-order valence-corrected chi connectivity index (χ2v) is 5.07. The summed E-state index contributed by atoms with van der Waals surface area (Å²) in [5, 5.41) is 29.6. The van der Waals surface area contributed by atoms with Gasteiger partial charge in [0.2, 0.25) is 0 Å². The molecule has 0 radical (unpaired) electrons.